The van der Waals surface area contributed by atoms with Gasteiger partial charge in [0.05, 0.1) is 0 Å². The summed E-state index contributed by atoms with van der Waals surface area (Å²) < 4.78 is 5.60. The summed E-state index contributed by atoms with van der Waals surface area (Å²) in [7, 11) is 0. The molecule has 2 unspecified atom stereocenters. The van der Waals surface area contributed by atoms with Crippen molar-refractivity contribution in [2.75, 3.05) is 0 Å². The molecule has 1 aromatic heterocycles. The molecule has 18 heavy (non-hydrogen) atoms. The van der Waals surface area contributed by atoms with Crippen molar-refractivity contribution in [3.05, 3.63) is 59.0 Å². The van der Waals surface area contributed by atoms with E-state index in [1.165, 1.54) is 11.1 Å². The Labute approximate surface area is 107 Å². The lowest BCUT2D eigenvalue weighted by molar-refractivity contribution is 0.126. The van der Waals surface area contributed by atoms with Crippen LogP contribution in [0.25, 0.3) is 0 Å². The number of aliphatic hydroxyl groups excluding tert-OH is 1. The first-order valence-corrected chi connectivity index (χ1v) is 6.62. The molecule has 0 spiro atoms. The van der Waals surface area contributed by atoms with Gasteiger partial charge in [-0.2, -0.15) is 0 Å². The molecule has 3 rings (SSSR count). The summed E-state index contributed by atoms with van der Waals surface area (Å²) in [6.45, 7) is 2.05. The number of benzene rings is 1. The van der Waals surface area contributed by atoms with Crippen molar-refractivity contribution < 1.29 is 9.52 Å². The quantitative estimate of drug-likeness (QED) is 0.888. The molecule has 0 saturated carbocycles. The average molecular weight is 242 g/mol. The molecule has 1 N–H and O–H groups in total. The zero-order chi connectivity index (χ0) is 12.5. The number of hydrogen-bond donors (Lipinski definition) is 1. The van der Waals surface area contributed by atoms with Gasteiger partial charge < -0.3 is 9.52 Å². The Kier molecular flexibility index (Phi) is 2.96. The van der Waals surface area contributed by atoms with Crippen LogP contribution in [-0.4, -0.2) is 5.11 Å². The minimum atomic E-state index is -0.483. The minimum absolute atomic E-state index is 0.478. The first-order valence-electron chi connectivity index (χ1n) is 6.62. The molecular formula is C16H18O2. The molecule has 1 heterocycles. The lowest BCUT2D eigenvalue weighted by Crippen LogP contribution is -2.19. The highest BCUT2D eigenvalue weighted by Crippen LogP contribution is 2.40. The van der Waals surface area contributed by atoms with Crippen molar-refractivity contribution in [2.24, 2.45) is 0 Å². The number of fused-ring (bicyclic) bond motifs is 1. The summed E-state index contributed by atoms with van der Waals surface area (Å²) >= 11 is 0. The zero-order valence-corrected chi connectivity index (χ0v) is 10.6. The molecule has 94 valence electrons. The summed E-state index contributed by atoms with van der Waals surface area (Å²) in [6.07, 6.45) is 2.23. The fourth-order valence-corrected chi connectivity index (χ4v) is 2.72. The topological polar surface area (TPSA) is 33.4 Å². The molecule has 0 aliphatic heterocycles. The minimum Gasteiger partial charge on any atom is -0.463 e. The largest absolute Gasteiger partial charge is 0.463 e. The molecular weight excluding hydrogens is 224 g/mol. The second-order valence-corrected chi connectivity index (χ2v) is 5.01. The van der Waals surface area contributed by atoms with E-state index in [1.807, 2.05) is 12.1 Å². The van der Waals surface area contributed by atoms with Gasteiger partial charge >= 0.3 is 0 Å². The highest BCUT2D eigenvalue weighted by molar-refractivity contribution is 5.40. The van der Waals surface area contributed by atoms with Crippen LogP contribution >= 0.6 is 0 Å². The van der Waals surface area contributed by atoms with E-state index in [1.54, 1.807) is 0 Å². The average Bonchev–Trinajstić information content (AvgIpc) is 2.84. The highest BCUT2D eigenvalue weighted by atomic mass is 16.4. The van der Waals surface area contributed by atoms with Gasteiger partial charge in [0.1, 0.15) is 17.6 Å². The molecule has 2 atom stereocenters. The standard InChI is InChI=1S/C16H18O2/c1-2-13-7-8-16(18-13)15(17)10-12-9-11-5-3-4-6-14(11)12/h3-8,12,15,17H,2,9-10H2,1H3. The van der Waals surface area contributed by atoms with Gasteiger partial charge in [-0.3, -0.25) is 0 Å². The van der Waals surface area contributed by atoms with Crippen LogP contribution in [0.15, 0.2) is 40.8 Å². The third kappa shape index (κ3) is 1.97. The smallest absolute Gasteiger partial charge is 0.132 e. The van der Waals surface area contributed by atoms with Crippen LogP contribution in [0.2, 0.25) is 0 Å². The molecule has 2 heteroatoms. The Bertz CT molecular complexity index is 542. The summed E-state index contributed by atoms with van der Waals surface area (Å²) in [5.41, 5.74) is 2.81. The molecule has 0 radical (unpaired) electrons. The van der Waals surface area contributed by atoms with Crippen molar-refractivity contribution in [2.45, 2.75) is 38.2 Å². The highest BCUT2D eigenvalue weighted by Gasteiger charge is 2.28. The van der Waals surface area contributed by atoms with Gasteiger partial charge in [0.15, 0.2) is 0 Å². The van der Waals surface area contributed by atoms with Gasteiger partial charge in [0.2, 0.25) is 0 Å². The van der Waals surface area contributed by atoms with E-state index in [4.69, 9.17) is 4.42 Å². The van der Waals surface area contributed by atoms with E-state index in [0.29, 0.717) is 11.7 Å². The molecule has 0 fully saturated rings. The number of hydrogen-bond acceptors (Lipinski definition) is 2. The van der Waals surface area contributed by atoms with E-state index in [9.17, 15) is 5.11 Å². The van der Waals surface area contributed by atoms with E-state index >= 15 is 0 Å². The van der Waals surface area contributed by atoms with E-state index in [0.717, 1.165) is 25.0 Å². The molecule has 2 nitrogen and oxygen atoms in total. The van der Waals surface area contributed by atoms with Crippen molar-refractivity contribution in [1.29, 1.82) is 0 Å². The zero-order valence-electron chi connectivity index (χ0n) is 10.6. The van der Waals surface area contributed by atoms with E-state index < -0.39 is 6.10 Å². The molecule has 0 saturated heterocycles. The summed E-state index contributed by atoms with van der Waals surface area (Å²) in [5.74, 6) is 2.13. The van der Waals surface area contributed by atoms with Crippen LogP contribution < -0.4 is 0 Å². The van der Waals surface area contributed by atoms with Crippen LogP contribution in [0.5, 0.6) is 0 Å². The Hall–Kier alpha value is -1.54. The SMILES string of the molecule is CCc1ccc(C(O)CC2Cc3ccccc32)o1. The Balaban J connectivity index is 1.68. The van der Waals surface area contributed by atoms with Crippen LogP contribution in [-0.2, 0) is 12.8 Å². The van der Waals surface area contributed by atoms with Crippen LogP contribution in [0.3, 0.4) is 0 Å². The van der Waals surface area contributed by atoms with Gasteiger partial charge in [-0.05, 0) is 42.0 Å². The second-order valence-electron chi connectivity index (χ2n) is 5.01. The number of rotatable bonds is 4. The Morgan fingerprint density at radius 3 is 2.83 bits per heavy atom. The predicted molar refractivity (Wildman–Crippen MR) is 70.5 cm³/mol. The van der Waals surface area contributed by atoms with Gasteiger partial charge in [0, 0.05) is 6.42 Å². The third-order valence-corrected chi connectivity index (χ3v) is 3.83. The van der Waals surface area contributed by atoms with Crippen LogP contribution in [0.4, 0.5) is 0 Å². The normalized spacial score (nSPS) is 19.1. The monoisotopic (exact) mass is 242 g/mol. The maximum atomic E-state index is 10.2. The predicted octanol–water partition coefficient (Wildman–Crippen LogP) is 3.61. The Morgan fingerprint density at radius 2 is 2.11 bits per heavy atom. The van der Waals surface area contributed by atoms with Crippen molar-refractivity contribution in [1.82, 2.24) is 0 Å². The maximum Gasteiger partial charge on any atom is 0.132 e. The summed E-state index contributed by atoms with van der Waals surface area (Å²) in [5, 5.41) is 10.2. The number of aliphatic hydroxyl groups is 1. The van der Waals surface area contributed by atoms with Crippen LogP contribution in [0, 0.1) is 0 Å². The summed E-state index contributed by atoms with van der Waals surface area (Å²) in [6, 6.07) is 12.3. The van der Waals surface area contributed by atoms with Gasteiger partial charge in [-0.1, -0.05) is 31.2 Å². The van der Waals surface area contributed by atoms with Gasteiger partial charge in [-0.15, -0.1) is 0 Å². The molecule has 1 aliphatic carbocycles. The summed E-state index contributed by atoms with van der Waals surface area (Å²) in [4.78, 5) is 0. The number of aryl methyl sites for hydroxylation is 1. The van der Waals surface area contributed by atoms with Crippen molar-refractivity contribution in [3.8, 4) is 0 Å². The first-order chi connectivity index (χ1) is 8.78. The third-order valence-electron chi connectivity index (χ3n) is 3.83. The Morgan fingerprint density at radius 1 is 1.28 bits per heavy atom. The fourth-order valence-electron chi connectivity index (χ4n) is 2.72. The van der Waals surface area contributed by atoms with E-state index in [-0.39, 0.29) is 0 Å². The number of furan rings is 1. The maximum absolute atomic E-state index is 10.2. The van der Waals surface area contributed by atoms with Crippen molar-refractivity contribution >= 4 is 0 Å². The first kappa shape index (κ1) is 11.5. The molecule has 1 aliphatic rings. The molecule has 0 amide bonds. The molecule has 0 bridgehead atoms. The molecule has 1 aromatic carbocycles. The lowest BCUT2D eigenvalue weighted by atomic mass is 9.74. The van der Waals surface area contributed by atoms with Gasteiger partial charge in [0.25, 0.3) is 0 Å². The van der Waals surface area contributed by atoms with Gasteiger partial charge in [-0.25, -0.2) is 0 Å². The fraction of sp³-hybridized carbons (Fsp3) is 0.375. The lowest BCUT2D eigenvalue weighted by Gasteiger charge is -2.31. The van der Waals surface area contributed by atoms with Crippen molar-refractivity contribution in [3.63, 3.8) is 0 Å². The van der Waals surface area contributed by atoms with Crippen LogP contribution in [0.1, 0.15) is 48.0 Å². The molecule has 2 aromatic rings. The van der Waals surface area contributed by atoms with E-state index in [2.05, 4.69) is 31.2 Å². The second kappa shape index (κ2) is 4.62.